The summed E-state index contributed by atoms with van der Waals surface area (Å²) in [6.45, 7) is 0.105. The van der Waals surface area contributed by atoms with E-state index in [-0.39, 0.29) is 24.2 Å². The number of rotatable bonds is 8. The standard InChI is InChI=1S/C21H24N2O4S/c1-22(2)20(25)15-28-18-12-8-7-11-17(18)21(26)27-14-19(24)23(3)13-16-9-5-4-6-10-16/h4-12H,13-15H2,1-3H3. The normalized spacial score (nSPS) is 10.2. The maximum atomic E-state index is 12.4. The Labute approximate surface area is 169 Å². The number of likely N-dealkylation sites (N-methyl/N-ethyl adjacent to an activating group) is 1. The van der Waals surface area contributed by atoms with Crippen molar-refractivity contribution in [2.24, 2.45) is 0 Å². The Bertz CT molecular complexity index is 824. The van der Waals surface area contributed by atoms with E-state index < -0.39 is 5.97 Å². The molecule has 7 heteroatoms. The molecule has 0 atom stereocenters. The predicted molar refractivity (Wildman–Crippen MR) is 109 cm³/mol. The van der Waals surface area contributed by atoms with Crippen molar-refractivity contribution in [2.45, 2.75) is 11.4 Å². The van der Waals surface area contributed by atoms with E-state index in [0.29, 0.717) is 17.0 Å². The van der Waals surface area contributed by atoms with Crippen molar-refractivity contribution in [1.29, 1.82) is 0 Å². The highest BCUT2D eigenvalue weighted by Crippen LogP contribution is 2.23. The van der Waals surface area contributed by atoms with Crippen LogP contribution in [0.5, 0.6) is 0 Å². The Morgan fingerprint density at radius 3 is 2.21 bits per heavy atom. The lowest BCUT2D eigenvalue weighted by Gasteiger charge is -2.17. The highest BCUT2D eigenvalue weighted by molar-refractivity contribution is 8.00. The minimum absolute atomic E-state index is 0.0501. The summed E-state index contributed by atoms with van der Waals surface area (Å²) in [5, 5.41) is 0. The summed E-state index contributed by atoms with van der Waals surface area (Å²) < 4.78 is 5.20. The van der Waals surface area contributed by atoms with Crippen LogP contribution >= 0.6 is 11.8 Å². The van der Waals surface area contributed by atoms with E-state index in [1.807, 2.05) is 30.3 Å². The molecule has 0 unspecified atom stereocenters. The van der Waals surface area contributed by atoms with Crippen LogP contribution in [0.2, 0.25) is 0 Å². The lowest BCUT2D eigenvalue weighted by Crippen LogP contribution is -2.30. The molecule has 2 aromatic rings. The summed E-state index contributed by atoms with van der Waals surface area (Å²) in [5.74, 6) is -0.700. The number of hydrogen-bond donors (Lipinski definition) is 0. The van der Waals surface area contributed by atoms with Gasteiger partial charge in [0.1, 0.15) is 0 Å². The molecule has 0 N–H and O–H groups in total. The van der Waals surface area contributed by atoms with Gasteiger partial charge in [-0.05, 0) is 17.7 Å². The minimum atomic E-state index is -0.582. The van der Waals surface area contributed by atoms with Crippen molar-refractivity contribution in [3.05, 3.63) is 65.7 Å². The first-order valence-electron chi connectivity index (χ1n) is 8.75. The van der Waals surface area contributed by atoms with Gasteiger partial charge in [-0.15, -0.1) is 11.8 Å². The third-order valence-electron chi connectivity index (χ3n) is 3.97. The second-order valence-electron chi connectivity index (χ2n) is 6.38. The first-order valence-corrected chi connectivity index (χ1v) is 9.74. The molecule has 2 aromatic carbocycles. The summed E-state index contributed by atoms with van der Waals surface area (Å²) in [5.41, 5.74) is 1.34. The van der Waals surface area contributed by atoms with Gasteiger partial charge in [0.15, 0.2) is 6.61 Å². The monoisotopic (exact) mass is 400 g/mol. The summed E-state index contributed by atoms with van der Waals surface area (Å²) in [4.78, 5) is 40.1. The molecule has 0 saturated carbocycles. The molecule has 0 radical (unpaired) electrons. The molecule has 0 saturated heterocycles. The van der Waals surface area contributed by atoms with Gasteiger partial charge in [-0.2, -0.15) is 0 Å². The smallest absolute Gasteiger partial charge is 0.339 e. The maximum absolute atomic E-state index is 12.4. The van der Waals surface area contributed by atoms with Gasteiger partial charge in [-0.3, -0.25) is 9.59 Å². The zero-order valence-corrected chi connectivity index (χ0v) is 17.1. The van der Waals surface area contributed by atoms with Crippen LogP contribution in [-0.4, -0.2) is 61.1 Å². The summed E-state index contributed by atoms with van der Waals surface area (Å²) >= 11 is 1.27. The van der Waals surface area contributed by atoms with Crippen LogP contribution in [0.25, 0.3) is 0 Å². The van der Waals surface area contributed by atoms with E-state index in [1.165, 1.54) is 21.6 Å². The number of nitrogens with zero attached hydrogens (tertiary/aromatic N) is 2. The molecule has 0 bridgehead atoms. The number of carbonyl (C=O) groups is 3. The first kappa shape index (κ1) is 21.5. The second-order valence-corrected chi connectivity index (χ2v) is 7.40. The van der Waals surface area contributed by atoms with Gasteiger partial charge < -0.3 is 14.5 Å². The molecule has 28 heavy (non-hydrogen) atoms. The van der Waals surface area contributed by atoms with Gasteiger partial charge >= 0.3 is 5.97 Å². The van der Waals surface area contributed by atoms with E-state index in [1.54, 1.807) is 45.4 Å². The fraction of sp³-hybridized carbons (Fsp3) is 0.286. The molecule has 148 valence electrons. The van der Waals surface area contributed by atoms with Gasteiger partial charge in [-0.25, -0.2) is 4.79 Å². The fourth-order valence-corrected chi connectivity index (χ4v) is 3.31. The van der Waals surface area contributed by atoms with E-state index in [9.17, 15) is 14.4 Å². The molecule has 0 spiro atoms. The number of carbonyl (C=O) groups excluding carboxylic acids is 3. The highest BCUT2D eigenvalue weighted by Gasteiger charge is 2.17. The third kappa shape index (κ3) is 6.42. The van der Waals surface area contributed by atoms with E-state index >= 15 is 0 Å². The molecule has 0 aliphatic heterocycles. The molecule has 2 amide bonds. The molecule has 0 aromatic heterocycles. The van der Waals surface area contributed by atoms with E-state index in [4.69, 9.17) is 4.74 Å². The number of amides is 2. The average molecular weight is 401 g/mol. The Kier molecular flexibility index (Phi) is 8.07. The molecular formula is C21H24N2O4S. The largest absolute Gasteiger partial charge is 0.452 e. The van der Waals surface area contributed by atoms with Crippen LogP contribution in [0.1, 0.15) is 15.9 Å². The molecular weight excluding hydrogens is 376 g/mol. The molecule has 6 nitrogen and oxygen atoms in total. The Hall–Kier alpha value is -2.80. The molecule has 2 rings (SSSR count). The maximum Gasteiger partial charge on any atom is 0.339 e. The predicted octanol–water partition coefficient (Wildman–Crippen LogP) is 2.68. The lowest BCUT2D eigenvalue weighted by atomic mass is 10.2. The van der Waals surface area contributed by atoms with E-state index in [0.717, 1.165) is 5.56 Å². The summed E-state index contributed by atoms with van der Waals surface area (Å²) in [7, 11) is 5.03. The lowest BCUT2D eigenvalue weighted by molar-refractivity contribution is -0.133. The van der Waals surface area contributed by atoms with Gasteiger partial charge in [0.2, 0.25) is 5.91 Å². The van der Waals surface area contributed by atoms with Crippen molar-refractivity contribution in [3.63, 3.8) is 0 Å². The minimum Gasteiger partial charge on any atom is -0.452 e. The van der Waals surface area contributed by atoms with Crippen molar-refractivity contribution in [2.75, 3.05) is 33.5 Å². The van der Waals surface area contributed by atoms with Gasteiger partial charge in [-0.1, -0.05) is 42.5 Å². The van der Waals surface area contributed by atoms with Crippen LogP contribution in [0.3, 0.4) is 0 Å². The summed E-state index contributed by atoms with van der Waals surface area (Å²) in [6, 6.07) is 16.5. The average Bonchev–Trinajstić information content (AvgIpc) is 2.70. The van der Waals surface area contributed by atoms with Crippen molar-refractivity contribution >= 4 is 29.5 Å². The van der Waals surface area contributed by atoms with Crippen LogP contribution < -0.4 is 0 Å². The SMILES string of the molecule is CN(C)C(=O)CSc1ccccc1C(=O)OCC(=O)N(C)Cc1ccccc1. The van der Waals surface area contributed by atoms with E-state index in [2.05, 4.69) is 0 Å². The second kappa shape index (κ2) is 10.5. The molecule has 0 aliphatic carbocycles. The van der Waals surface area contributed by atoms with Crippen molar-refractivity contribution < 1.29 is 19.1 Å². The number of thioether (sulfide) groups is 1. The third-order valence-corrected chi connectivity index (χ3v) is 5.03. The molecule has 0 aliphatic rings. The quantitative estimate of drug-likeness (QED) is 0.503. The zero-order valence-electron chi connectivity index (χ0n) is 16.3. The topological polar surface area (TPSA) is 66.9 Å². The zero-order chi connectivity index (χ0) is 20.5. The first-order chi connectivity index (χ1) is 13.4. The fourth-order valence-electron chi connectivity index (χ4n) is 2.29. The molecule has 0 heterocycles. The van der Waals surface area contributed by atoms with Gasteiger partial charge in [0.05, 0.1) is 11.3 Å². The van der Waals surface area contributed by atoms with Gasteiger partial charge in [0, 0.05) is 32.6 Å². The number of hydrogen-bond acceptors (Lipinski definition) is 5. The van der Waals surface area contributed by atoms with Crippen LogP contribution in [-0.2, 0) is 20.9 Å². The summed E-state index contributed by atoms with van der Waals surface area (Å²) in [6.07, 6.45) is 0. The Morgan fingerprint density at radius 1 is 0.893 bits per heavy atom. The molecule has 0 fully saturated rings. The Morgan fingerprint density at radius 2 is 1.54 bits per heavy atom. The number of esters is 1. The highest BCUT2D eigenvalue weighted by atomic mass is 32.2. The number of ether oxygens (including phenoxy) is 1. The van der Waals surface area contributed by atoms with Crippen LogP contribution in [0.15, 0.2) is 59.5 Å². The van der Waals surface area contributed by atoms with Crippen molar-refractivity contribution in [1.82, 2.24) is 9.80 Å². The van der Waals surface area contributed by atoms with Crippen LogP contribution in [0.4, 0.5) is 0 Å². The number of benzene rings is 2. The van der Waals surface area contributed by atoms with Gasteiger partial charge in [0.25, 0.3) is 5.91 Å². The Balaban J connectivity index is 1.92. The van der Waals surface area contributed by atoms with Crippen LogP contribution in [0, 0.1) is 0 Å². The van der Waals surface area contributed by atoms with Crippen molar-refractivity contribution in [3.8, 4) is 0 Å².